The number of ether oxygens (including phenoxy) is 1. The number of hydrogen-bond acceptors (Lipinski definition) is 3. The molecule has 2 aliphatic rings. The summed E-state index contributed by atoms with van der Waals surface area (Å²) in [7, 11) is 1.91. The molecular formula is C15H21FN2O. The molecule has 2 aliphatic heterocycles. The quantitative estimate of drug-likeness (QED) is 0.907. The van der Waals surface area contributed by atoms with Gasteiger partial charge >= 0.3 is 0 Å². The number of nitrogens with zero attached hydrogens (tertiary/aromatic N) is 1. The molecule has 1 aromatic rings. The summed E-state index contributed by atoms with van der Waals surface area (Å²) in [5, 5.41) is 3.20. The molecule has 2 heterocycles. The van der Waals surface area contributed by atoms with Crippen molar-refractivity contribution in [1.82, 2.24) is 5.32 Å². The Labute approximate surface area is 113 Å². The Morgan fingerprint density at radius 3 is 2.63 bits per heavy atom. The summed E-state index contributed by atoms with van der Waals surface area (Å²) in [6, 6.07) is 5.50. The molecule has 0 radical (unpaired) electrons. The smallest absolute Gasteiger partial charge is 0.146 e. The number of nitrogens with one attached hydrogen (secondary N) is 1. The molecule has 0 aromatic heterocycles. The summed E-state index contributed by atoms with van der Waals surface area (Å²) in [4.78, 5) is 2.17. The maximum absolute atomic E-state index is 14.3. The predicted molar refractivity (Wildman–Crippen MR) is 74.0 cm³/mol. The lowest BCUT2D eigenvalue weighted by Crippen LogP contribution is -2.43. The van der Waals surface area contributed by atoms with E-state index in [1.165, 1.54) is 0 Å². The van der Waals surface area contributed by atoms with Gasteiger partial charge in [-0.15, -0.1) is 0 Å². The van der Waals surface area contributed by atoms with Gasteiger partial charge in [0.2, 0.25) is 0 Å². The minimum atomic E-state index is -0.124. The fourth-order valence-corrected chi connectivity index (χ4v) is 3.17. The van der Waals surface area contributed by atoms with E-state index in [1.54, 1.807) is 12.1 Å². The topological polar surface area (TPSA) is 24.5 Å². The van der Waals surface area contributed by atoms with Crippen LogP contribution >= 0.6 is 0 Å². The molecule has 3 unspecified atom stereocenters. The zero-order valence-corrected chi connectivity index (χ0v) is 11.5. The second kappa shape index (κ2) is 5.10. The largest absolute Gasteiger partial charge is 0.371 e. The standard InChI is InChI=1S/C15H21FN2O/c1-10(17-2)13-4-3-5-14(16)15(13)18-8-11-6-7-12(9-18)19-11/h3-5,10-12,17H,6-9H2,1-2H3. The van der Waals surface area contributed by atoms with Gasteiger partial charge in [0.25, 0.3) is 0 Å². The summed E-state index contributed by atoms with van der Waals surface area (Å²) >= 11 is 0. The molecule has 2 fully saturated rings. The first-order chi connectivity index (χ1) is 9.19. The fourth-order valence-electron chi connectivity index (χ4n) is 3.17. The summed E-state index contributed by atoms with van der Waals surface area (Å²) in [6.45, 7) is 3.68. The van der Waals surface area contributed by atoms with Gasteiger partial charge in [-0.2, -0.15) is 0 Å². The molecule has 1 aromatic carbocycles. The Morgan fingerprint density at radius 1 is 1.32 bits per heavy atom. The number of hydrogen-bond donors (Lipinski definition) is 1. The zero-order valence-electron chi connectivity index (χ0n) is 11.5. The molecule has 0 amide bonds. The maximum atomic E-state index is 14.3. The minimum Gasteiger partial charge on any atom is -0.371 e. The zero-order chi connectivity index (χ0) is 13.4. The molecule has 2 bridgehead atoms. The van der Waals surface area contributed by atoms with Crippen molar-refractivity contribution in [3.8, 4) is 0 Å². The van der Waals surface area contributed by atoms with Gasteiger partial charge in [-0.1, -0.05) is 12.1 Å². The van der Waals surface area contributed by atoms with E-state index in [0.717, 1.165) is 37.2 Å². The average molecular weight is 264 g/mol. The van der Waals surface area contributed by atoms with Crippen LogP contribution in [-0.4, -0.2) is 32.3 Å². The average Bonchev–Trinajstić information content (AvgIpc) is 2.76. The second-order valence-electron chi connectivity index (χ2n) is 5.55. The van der Waals surface area contributed by atoms with Crippen LogP contribution < -0.4 is 10.2 Å². The Kier molecular flexibility index (Phi) is 3.46. The summed E-state index contributed by atoms with van der Waals surface area (Å²) in [5.41, 5.74) is 1.79. The highest BCUT2D eigenvalue weighted by Gasteiger charge is 2.35. The number of halogens is 1. The molecule has 19 heavy (non-hydrogen) atoms. The monoisotopic (exact) mass is 264 g/mol. The summed E-state index contributed by atoms with van der Waals surface area (Å²) in [5.74, 6) is -0.124. The number of rotatable bonds is 3. The van der Waals surface area contributed by atoms with E-state index >= 15 is 0 Å². The molecule has 4 heteroatoms. The molecule has 0 spiro atoms. The highest BCUT2D eigenvalue weighted by atomic mass is 19.1. The van der Waals surface area contributed by atoms with Gasteiger partial charge in [-0.05, 0) is 38.4 Å². The van der Waals surface area contributed by atoms with Crippen LogP contribution in [0.25, 0.3) is 0 Å². The third-order valence-corrected chi connectivity index (χ3v) is 4.28. The summed E-state index contributed by atoms with van der Waals surface area (Å²) in [6.07, 6.45) is 2.76. The maximum Gasteiger partial charge on any atom is 0.146 e. The van der Waals surface area contributed by atoms with Gasteiger partial charge in [0.05, 0.1) is 17.9 Å². The molecule has 0 saturated carbocycles. The summed E-state index contributed by atoms with van der Waals surface area (Å²) < 4.78 is 20.1. The first-order valence-corrected chi connectivity index (χ1v) is 7.05. The first kappa shape index (κ1) is 12.9. The van der Waals surface area contributed by atoms with Gasteiger partial charge in [-0.25, -0.2) is 4.39 Å². The molecule has 3 atom stereocenters. The molecule has 0 aliphatic carbocycles. The van der Waals surface area contributed by atoms with Crippen LogP contribution in [0, 0.1) is 5.82 Å². The minimum absolute atomic E-state index is 0.124. The van der Waals surface area contributed by atoms with Gasteiger partial charge < -0.3 is 15.0 Å². The van der Waals surface area contributed by atoms with Gasteiger partial charge in [0, 0.05) is 19.1 Å². The predicted octanol–water partition coefficient (Wildman–Crippen LogP) is 2.47. The van der Waals surface area contributed by atoms with E-state index < -0.39 is 0 Å². The molecule has 3 rings (SSSR count). The SMILES string of the molecule is CNC(C)c1cccc(F)c1N1CC2CCC(C1)O2. The van der Waals surface area contributed by atoms with Gasteiger partial charge in [-0.3, -0.25) is 0 Å². The van der Waals surface area contributed by atoms with Crippen molar-refractivity contribution < 1.29 is 9.13 Å². The number of benzene rings is 1. The van der Waals surface area contributed by atoms with Gasteiger partial charge in [0.1, 0.15) is 5.82 Å². The van der Waals surface area contributed by atoms with Crippen LogP contribution in [0.15, 0.2) is 18.2 Å². The number of anilines is 1. The molecule has 1 N–H and O–H groups in total. The highest BCUT2D eigenvalue weighted by molar-refractivity contribution is 5.57. The van der Waals surface area contributed by atoms with Crippen molar-refractivity contribution in [3.05, 3.63) is 29.6 Å². The van der Waals surface area contributed by atoms with Crippen molar-refractivity contribution in [3.63, 3.8) is 0 Å². The molecule has 2 saturated heterocycles. The Bertz CT molecular complexity index is 453. The van der Waals surface area contributed by atoms with Crippen LogP contribution in [0.3, 0.4) is 0 Å². The van der Waals surface area contributed by atoms with Crippen molar-refractivity contribution in [2.45, 2.75) is 38.0 Å². The number of fused-ring (bicyclic) bond motifs is 2. The van der Waals surface area contributed by atoms with Crippen LogP contribution in [0.1, 0.15) is 31.4 Å². The lowest BCUT2D eigenvalue weighted by Gasteiger charge is -2.36. The Hall–Kier alpha value is -1.13. The van der Waals surface area contributed by atoms with Crippen LogP contribution in [-0.2, 0) is 4.74 Å². The third kappa shape index (κ3) is 2.35. The highest BCUT2D eigenvalue weighted by Crippen LogP contribution is 2.35. The van der Waals surface area contributed by atoms with Crippen molar-refractivity contribution in [2.75, 3.05) is 25.0 Å². The van der Waals surface area contributed by atoms with Crippen molar-refractivity contribution in [2.24, 2.45) is 0 Å². The fraction of sp³-hybridized carbons (Fsp3) is 0.600. The van der Waals surface area contributed by atoms with Gasteiger partial charge in [0.15, 0.2) is 0 Å². The van der Waals surface area contributed by atoms with Crippen LogP contribution in [0.4, 0.5) is 10.1 Å². The van der Waals surface area contributed by atoms with Crippen LogP contribution in [0.2, 0.25) is 0 Å². The second-order valence-corrected chi connectivity index (χ2v) is 5.55. The molecular weight excluding hydrogens is 243 g/mol. The van der Waals surface area contributed by atoms with E-state index in [0.29, 0.717) is 0 Å². The van der Waals surface area contributed by atoms with E-state index in [9.17, 15) is 4.39 Å². The molecule has 104 valence electrons. The van der Waals surface area contributed by atoms with Crippen LogP contribution in [0.5, 0.6) is 0 Å². The Morgan fingerprint density at radius 2 is 2.00 bits per heavy atom. The van der Waals surface area contributed by atoms with E-state index in [4.69, 9.17) is 4.74 Å². The lowest BCUT2D eigenvalue weighted by atomic mass is 10.0. The van der Waals surface area contributed by atoms with Crippen molar-refractivity contribution >= 4 is 5.69 Å². The van der Waals surface area contributed by atoms with E-state index in [1.807, 2.05) is 13.1 Å². The first-order valence-electron chi connectivity index (χ1n) is 7.05. The number of morpholine rings is 1. The third-order valence-electron chi connectivity index (χ3n) is 4.28. The molecule has 3 nitrogen and oxygen atoms in total. The van der Waals surface area contributed by atoms with E-state index in [2.05, 4.69) is 17.1 Å². The van der Waals surface area contributed by atoms with E-state index in [-0.39, 0.29) is 24.1 Å². The lowest BCUT2D eigenvalue weighted by molar-refractivity contribution is 0.0302. The Balaban J connectivity index is 1.95. The van der Waals surface area contributed by atoms with Crippen molar-refractivity contribution in [1.29, 1.82) is 0 Å². The number of para-hydroxylation sites is 1. The normalized spacial score (nSPS) is 27.6.